The molecule has 0 radical (unpaired) electrons. The molecular weight excluding hydrogens is 678 g/mol. The van der Waals surface area contributed by atoms with Gasteiger partial charge in [-0.25, -0.2) is 14.6 Å². The second-order valence-electron chi connectivity index (χ2n) is 12.4. The number of hydrogen-bond acceptors (Lipinski definition) is 15. The standard InChI is InChI=1S/C36H34N5O11/c37-31-23-32(39-17-38-31)41(18-40-23,34-30(25(44)22(42)16-49-34)52-36(48)21-14-8-3-9-15-21)33-27(46)26(45)29(50-33)28(24(43)19-10-4-1-5-11-19)51-35(47)20-12-6-2-7-13-20/h1-15,17-18,22,25-30,33-34,42,44-46H,16H2,(H2,37,38,39)/q+1/t22-,25-,26+,27-,28?,29+,30-,33-,34-,41?/m1/s1. The molecule has 268 valence electrons. The number of rotatable bonds is 9. The summed E-state index contributed by atoms with van der Waals surface area (Å²) >= 11 is 0. The number of aliphatic hydroxyl groups excluding tert-OH is 4. The number of esters is 2. The predicted molar refractivity (Wildman–Crippen MR) is 181 cm³/mol. The lowest BCUT2D eigenvalue weighted by Crippen LogP contribution is -2.73. The smallest absolute Gasteiger partial charge is 0.338 e. The number of anilines is 1. The molecule has 0 aliphatic carbocycles. The number of aliphatic hydroxyl groups is 4. The molecular formula is C36H34N5O11+. The van der Waals surface area contributed by atoms with Gasteiger partial charge in [-0.3, -0.25) is 4.79 Å². The maximum atomic E-state index is 14.0. The van der Waals surface area contributed by atoms with Crippen LogP contribution in [0.15, 0.2) is 102 Å². The summed E-state index contributed by atoms with van der Waals surface area (Å²) in [6.07, 6.45) is -13.1. The van der Waals surface area contributed by atoms with Crippen LogP contribution in [-0.2, 0) is 18.9 Å². The van der Waals surface area contributed by atoms with Crippen LogP contribution in [0.25, 0.3) is 0 Å². The van der Waals surface area contributed by atoms with E-state index in [9.17, 15) is 34.8 Å². The van der Waals surface area contributed by atoms with Gasteiger partial charge in [0.2, 0.25) is 30.7 Å². The Labute approximate surface area is 295 Å². The lowest BCUT2D eigenvalue weighted by molar-refractivity contribution is -0.237. The number of fused-ring (bicyclic) bond motifs is 1. The third-order valence-corrected chi connectivity index (χ3v) is 9.25. The topological polar surface area (TPSA) is 233 Å². The first-order valence-electron chi connectivity index (χ1n) is 16.3. The van der Waals surface area contributed by atoms with Crippen molar-refractivity contribution < 1.29 is 53.8 Å². The van der Waals surface area contributed by atoms with Crippen LogP contribution >= 0.6 is 0 Å². The third kappa shape index (κ3) is 6.11. The molecule has 16 heteroatoms. The van der Waals surface area contributed by atoms with E-state index in [4.69, 9.17) is 24.7 Å². The molecule has 0 saturated carbocycles. The number of carbonyl (C=O) groups is 3. The van der Waals surface area contributed by atoms with Gasteiger partial charge in [0.05, 0.1) is 17.7 Å². The summed E-state index contributed by atoms with van der Waals surface area (Å²) in [6.45, 7) is -0.479. The average molecular weight is 713 g/mol. The summed E-state index contributed by atoms with van der Waals surface area (Å²) in [6, 6.07) is 23.6. The highest BCUT2D eigenvalue weighted by Crippen LogP contribution is 2.48. The highest BCUT2D eigenvalue weighted by molar-refractivity contribution is 6.02. The molecule has 3 aliphatic rings. The van der Waals surface area contributed by atoms with E-state index < -0.39 is 84.0 Å². The number of benzene rings is 3. The van der Waals surface area contributed by atoms with E-state index >= 15 is 0 Å². The fraction of sp³-hybridized carbons (Fsp3) is 0.278. The van der Waals surface area contributed by atoms with Crippen LogP contribution in [0, 0.1) is 0 Å². The Morgan fingerprint density at radius 1 is 0.769 bits per heavy atom. The molecule has 1 aromatic heterocycles. The number of aliphatic imine (C=N–C) groups is 1. The Morgan fingerprint density at radius 3 is 2.00 bits per heavy atom. The van der Waals surface area contributed by atoms with Crippen LogP contribution in [0.1, 0.15) is 31.1 Å². The molecule has 3 aromatic carbocycles. The number of ether oxygens (including phenoxy) is 4. The fourth-order valence-electron chi connectivity index (χ4n) is 6.64. The molecule has 52 heavy (non-hydrogen) atoms. The fourth-order valence-corrected chi connectivity index (χ4v) is 6.64. The van der Waals surface area contributed by atoms with E-state index in [2.05, 4.69) is 15.0 Å². The Kier molecular flexibility index (Phi) is 9.60. The minimum Gasteiger partial charge on any atom is -0.447 e. The lowest BCUT2D eigenvalue weighted by atomic mass is 9.96. The zero-order valence-corrected chi connectivity index (χ0v) is 27.2. The molecule has 0 amide bonds. The van der Waals surface area contributed by atoms with Gasteiger partial charge in [-0.15, -0.1) is 0 Å². The van der Waals surface area contributed by atoms with Gasteiger partial charge < -0.3 is 45.1 Å². The molecule has 3 aliphatic heterocycles. The maximum Gasteiger partial charge on any atom is 0.338 e. The highest BCUT2D eigenvalue weighted by Gasteiger charge is 2.67. The van der Waals surface area contributed by atoms with Crippen molar-refractivity contribution in [3.8, 4) is 0 Å². The maximum absolute atomic E-state index is 14.0. The number of quaternary nitrogens is 1. The average Bonchev–Trinajstić information content (AvgIpc) is 3.71. The van der Waals surface area contributed by atoms with Gasteiger partial charge in [0.15, 0.2) is 23.7 Å². The quantitative estimate of drug-likeness (QED) is 0.0922. The first-order chi connectivity index (χ1) is 25.1. The molecule has 4 aromatic rings. The number of ketones is 1. The highest BCUT2D eigenvalue weighted by atomic mass is 16.6. The normalized spacial score (nSPS) is 29.9. The van der Waals surface area contributed by atoms with Crippen molar-refractivity contribution in [1.82, 2.24) is 14.5 Å². The van der Waals surface area contributed by atoms with Crippen LogP contribution in [0.3, 0.4) is 0 Å². The van der Waals surface area contributed by atoms with Gasteiger partial charge in [-0.05, 0) is 24.3 Å². The zero-order chi connectivity index (χ0) is 36.6. The summed E-state index contributed by atoms with van der Waals surface area (Å²) < 4.78 is 23.1. The van der Waals surface area contributed by atoms with Crippen molar-refractivity contribution in [3.05, 3.63) is 114 Å². The molecule has 10 atom stereocenters. The molecule has 6 N–H and O–H groups in total. The van der Waals surface area contributed by atoms with E-state index in [1.807, 2.05) is 0 Å². The largest absolute Gasteiger partial charge is 0.447 e. The van der Waals surface area contributed by atoms with Crippen LogP contribution in [-0.4, -0.2) is 116 Å². The van der Waals surface area contributed by atoms with E-state index in [0.29, 0.717) is 0 Å². The van der Waals surface area contributed by atoms with E-state index in [-0.39, 0.29) is 34.0 Å². The summed E-state index contributed by atoms with van der Waals surface area (Å²) in [5, 5.41) is 45.5. The summed E-state index contributed by atoms with van der Waals surface area (Å²) in [5.41, 5.74) is 6.54. The van der Waals surface area contributed by atoms with Crippen LogP contribution in [0.2, 0.25) is 0 Å². The zero-order valence-electron chi connectivity index (χ0n) is 27.2. The van der Waals surface area contributed by atoms with Gasteiger partial charge >= 0.3 is 11.9 Å². The van der Waals surface area contributed by atoms with Crippen molar-refractivity contribution in [2.24, 2.45) is 4.99 Å². The molecule has 0 spiro atoms. The minimum atomic E-state index is -1.89. The molecule has 2 fully saturated rings. The lowest BCUT2D eigenvalue weighted by Gasteiger charge is -2.47. The minimum absolute atomic E-state index is 0.0148. The molecule has 7 rings (SSSR count). The van der Waals surface area contributed by atoms with E-state index in [1.165, 1.54) is 42.7 Å². The van der Waals surface area contributed by atoms with Gasteiger partial charge in [-0.1, -0.05) is 66.7 Å². The van der Waals surface area contributed by atoms with Gasteiger partial charge in [0, 0.05) is 5.56 Å². The first-order valence-corrected chi connectivity index (χ1v) is 16.3. The molecule has 0 bridgehead atoms. The van der Waals surface area contributed by atoms with Gasteiger partial charge in [0.25, 0.3) is 5.82 Å². The van der Waals surface area contributed by atoms with Gasteiger partial charge in [-0.2, -0.15) is 14.5 Å². The van der Waals surface area contributed by atoms with Crippen LogP contribution < -0.4 is 10.2 Å². The predicted octanol–water partition coefficient (Wildman–Crippen LogP) is 0.898. The van der Waals surface area contributed by atoms with Crippen molar-refractivity contribution >= 4 is 41.4 Å². The summed E-state index contributed by atoms with van der Waals surface area (Å²) in [7, 11) is 0. The Morgan fingerprint density at radius 2 is 1.37 bits per heavy atom. The monoisotopic (exact) mass is 712 g/mol. The Hall–Kier alpha value is -5.46. The summed E-state index contributed by atoms with van der Waals surface area (Å²) in [4.78, 5) is 53.5. The SMILES string of the molecule is Nc1ncnc2c1N=C[N+]2([C@@H]1O[C@H](C(OC(=O)c2ccccc2)C(=O)c2ccccc2)[C@@H](O)[C@H]1O)[C@@H]1OC[C@@H](O)[C@@H](O)[C@H]1OC(=O)c1ccccc1. The van der Waals surface area contributed by atoms with Crippen molar-refractivity contribution in [2.75, 3.05) is 12.3 Å². The number of nitrogens with two attached hydrogens (primary N) is 1. The van der Waals surface area contributed by atoms with Gasteiger partial charge in [0.1, 0.15) is 30.7 Å². The van der Waals surface area contributed by atoms with Crippen molar-refractivity contribution in [2.45, 2.75) is 55.2 Å². The van der Waals surface area contributed by atoms with E-state index in [1.54, 1.807) is 54.6 Å². The molecule has 4 heterocycles. The Bertz CT molecular complexity index is 1970. The van der Waals surface area contributed by atoms with Crippen LogP contribution in [0.4, 0.5) is 17.3 Å². The number of nitrogens with zero attached hydrogens (tertiary/aromatic N) is 4. The summed E-state index contributed by atoms with van der Waals surface area (Å²) in [5.74, 6) is -2.66. The molecule has 2 saturated heterocycles. The number of aromatic nitrogens is 2. The third-order valence-electron chi connectivity index (χ3n) is 9.25. The second kappa shape index (κ2) is 14.3. The molecule has 2 unspecified atom stereocenters. The van der Waals surface area contributed by atoms with Crippen molar-refractivity contribution in [1.29, 1.82) is 0 Å². The first kappa shape index (κ1) is 35.0. The molecule has 16 nitrogen and oxygen atoms in total. The van der Waals surface area contributed by atoms with E-state index in [0.717, 1.165) is 6.33 Å². The second-order valence-corrected chi connectivity index (χ2v) is 12.4. The Balaban J connectivity index is 1.31. The number of Topliss-reactive ketones (excluding diaryl/α,β-unsaturated/α-hetero) is 1. The van der Waals surface area contributed by atoms with Crippen molar-refractivity contribution in [3.63, 3.8) is 0 Å². The number of hydrogen-bond donors (Lipinski definition) is 5. The van der Waals surface area contributed by atoms with Crippen LogP contribution in [0.5, 0.6) is 0 Å². The number of carbonyl (C=O) groups excluding carboxylic acids is 3. The number of nitrogen functional groups attached to an aromatic ring is 1.